The zero-order valence-electron chi connectivity index (χ0n) is 64.8. The number of carbonyl (C=O) groups is 4. The molecule has 2 saturated heterocycles. The minimum Gasteiger partial charge on any atom is -0.384 e. The predicted octanol–water partition coefficient (Wildman–Crippen LogP) is 6.50. The summed E-state index contributed by atoms with van der Waals surface area (Å²) in [6.07, 6.45) is 23.0. The molecule has 7 N–H and O–H groups in total. The van der Waals surface area contributed by atoms with Gasteiger partial charge in [-0.3, -0.25) is 34.6 Å². The number of fused-ring (bicyclic) bond motifs is 2. The third kappa shape index (κ3) is 23.9. The summed E-state index contributed by atoms with van der Waals surface area (Å²) in [5.74, 6) is 2.14. The first-order chi connectivity index (χ1) is 53.6. The molecule has 5 fully saturated rings. The lowest BCUT2D eigenvalue weighted by Gasteiger charge is -2.34. The maximum Gasteiger partial charge on any atom is 0.372 e. The number of nitrogens with one attached hydrogen (secondary N) is 1. The molecule has 112 heavy (non-hydrogen) atoms. The lowest BCUT2D eigenvalue weighted by Crippen LogP contribution is -2.48. The number of nitrogen functional groups attached to an aromatic ring is 2. The van der Waals surface area contributed by atoms with Crippen molar-refractivity contribution in [1.29, 1.82) is 15.8 Å². The molecule has 10 heterocycles. The Morgan fingerprint density at radius 3 is 1.51 bits per heavy atom. The topological polar surface area (TPSA) is 436 Å². The number of anilines is 4. The van der Waals surface area contributed by atoms with Gasteiger partial charge in [0.15, 0.2) is 0 Å². The van der Waals surface area contributed by atoms with E-state index in [-0.39, 0.29) is 47.7 Å². The SMILES string of the molecule is COC(OC)c1nc2c(cc1CN1CCN(C)CC1=O)CCCC2.COC1CC(Cc2cc(N)ncc2C#N)C1.COC1CC(Cc2cc(NC(=O)N3CCCc4cc(CN5CCN(C)CC5=O)c(C(OC)OC)nc43)ncc2C#N)C1.COC1CC(N)C1.Cl.N#Cc1cnc(N)cc1F.O=C(n1cncn1)n1cncn1. The molecular weight excluding hydrogens is 1470 g/mol. The molecule has 4 amide bonds. The Balaban J connectivity index is 0.000000188. The molecule has 3 saturated carbocycles. The predicted molar refractivity (Wildman–Crippen MR) is 411 cm³/mol. The first kappa shape index (κ1) is 87.4. The molecule has 0 unspecified atom stereocenters. The van der Waals surface area contributed by atoms with Crippen LogP contribution in [-0.4, -0.2) is 232 Å². The number of pyridine rings is 5. The molecule has 0 spiro atoms. The number of urea groups is 1. The highest BCUT2D eigenvalue weighted by molar-refractivity contribution is 6.01. The van der Waals surface area contributed by atoms with Crippen LogP contribution in [-0.2, 0) is 87.9 Å². The maximum atomic E-state index is 13.6. The summed E-state index contributed by atoms with van der Waals surface area (Å²) >= 11 is 0. The number of carbonyl (C=O) groups excluding carboxylic acids is 4. The molecule has 0 radical (unpaired) electrons. The van der Waals surface area contributed by atoms with Crippen molar-refractivity contribution in [3.05, 3.63) is 147 Å². The Morgan fingerprint density at radius 1 is 0.580 bits per heavy atom. The van der Waals surface area contributed by atoms with Crippen molar-refractivity contribution in [3.63, 3.8) is 0 Å². The first-order valence-corrected chi connectivity index (χ1v) is 36.7. The zero-order chi connectivity index (χ0) is 79.7. The number of piperazine rings is 2. The van der Waals surface area contributed by atoms with Gasteiger partial charge in [-0.05, 0) is 167 Å². The summed E-state index contributed by atoms with van der Waals surface area (Å²) in [5, 5.41) is 37.0. The number of rotatable bonds is 18. The third-order valence-corrected chi connectivity index (χ3v) is 20.2. The van der Waals surface area contributed by atoms with E-state index in [0.29, 0.717) is 104 Å². The van der Waals surface area contributed by atoms with Crippen molar-refractivity contribution >= 4 is 59.6 Å². The smallest absolute Gasteiger partial charge is 0.372 e. The highest BCUT2D eigenvalue weighted by atomic mass is 35.5. The van der Waals surface area contributed by atoms with Crippen molar-refractivity contribution in [1.82, 2.24) is 74.0 Å². The number of amides is 4. The van der Waals surface area contributed by atoms with E-state index in [1.165, 1.54) is 64.1 Å². The van der Waals surface area contributed by atoms with E-state index in [1.807, 2.05) is 34.9 Å². The van der Waals surface area contributed by atoms with Gasteiger partial charge >= 0.3 is 12.1 Å². The van der Waals surface area contributed by atoms with Crippen LogP contribution in [0.5, 0.6) is 0 Å². The Kier molecular flexibility index (Phi) is 33.5. The van der Waals surface area contributed by atoms with Gasteiger partial charge in [0.05, 0.1) is 48.7 Å². The van der Waals surface area contributed by atoms with Gasteiger partial charge in [0, 0.05) is 126 Å². The number of likely N-dealkylation sites (N-methyl/N-ethyl adjacent to an activating group) is 2. The number of ether oxygens (including phenoxy) is 7. The molecule has 7 aliphatic rings. The van der Waals surface area contributed by atoms with Gasteiger partial charge in [-0.25, -0.2) is 43.9 Å². The van der Waals surface area contributed by atoms with Crippen LogP contribution < -0.4 is 27.4 Å². The quantitative estimate of drug-likeness (QED) is 0.0666. The van der Waals surface area contributed by atoms with Crippen LogP contribution in [0.15, 0.2) is 74.2 Å². The summed E-state index contributed by atoms with van der Waals surface area (Å²) in [7, 11) is 15.4. The number of aryl methyl sites for hydroxylation is 3. The monoisotopic (exact) mass is 1570 g/mol. The van der Waals surface area contributed by atoms with Crippen molar-refractivity contribution < 1.29 is 56.7 Å². The summed E-state index contributed by atoms with van der Waals surface area (Å²) in [6, 6.07) is 14.5. The highest BCUT2D eigenvalue weighted by Gasteiger charge is 2.34. The summed E-state index contributed by atoms with van der Waals surface area (Å²) in [5.41, 5.74) is 25.8. The summed E-state index contributed by atoms with van der Waals surface area (Å²) in [4.78, 5) is 88.1. The van der Waals surface area contributed by atoms with Gasteiger partial charge in [0.25, 0.3) is 0 Å². The van der Waals surface area contributed by atoms with E-state index in [4.69, 9.17) is 70.9 Å². The minimum absolute atomic E-state index is 0. The Bertz CT molecular complexity index is 4330. The second kappa shape index (κ2) is 43.0. The van der Waals surface area contributed by atoms with Crippen molar-refractivity contribution in [2.24, 2.45) is 17.6 Å². The second-order valence-corrected chi connectivity index (χ2v) is 28.0. The van der Waals surface area contributed by atoms with Crippen LogP contribution in [0.4, 0.5) is 37.3 Å². The molecular formula is C76H101ClFN23O11. The van der Waals surface area contributed by atoms with E-state index >= 15 is 0 Å². The van der Waals surface area contributed by atoms with E-state index in [1.54, 1.807) is 64.8 Å². The fourth-order valence-electron chi connectivity index (χ4n) is 13.7. The third-order valence-electron chi connectivity index (χ3n) is 20.2. The molecule has 3 aliphatic heterocycles. The number of hydrogen-bond donors (Lipinski definition) is 4. The van der Waals surface area contributed by atoms with Gasteiger partial charge in [-0.2, -0.15) is 35.3 Å². The van der Waals surface area contributed by atoms with Crippen LogP contribution in [0.2, 0.25) is 0 Å². The normalized spacial score (nSPS) is 19.6. The lowest BCUT2D eigenvalue weighted by atomic mass is 9.78. The number of hydrogen-bond acceptors (Lipinski definition) is 28. The maximum absolute atomic E-state index is 13.6. The average Bonchev–Trinajstić information content (AvgIpc) is 1.44. The highest BCUT2D eigenvalue weighted by Crippen LogP contribution is 2.37. The molecule has 34 nitrogen and oxygen atoms in total. The van der Waals surface area contributed by atoms with Crippen LogP contribution in [0, 0.1) is 51.6 Å². The van der Waals surface area contributed by atoms with Gasteiger partial charge in [-0.15, -0.1) is 12.4 Å². The molecule has 7 aromatic heterocycles. The fourth-order valence-corrected chi connectivity index (χ4v) is 13.7. The molecule has 14 rings (SSSR count). The number of nitrogens with zero attached hydrogens (tertiary/aromatic N) is 19. The number of methoxy groups -OCH3 is 7. The van der Waals surface area contributed by atoms with Crippen LogP contribution in [0.3, 0.4) is 0 Å². The Labute approximate surface area is 657 Å². The number of nitrogens with two attached hydrogens (primary N) is 3. The fraction of sp³-hybridized carbons (Fsp3) is 0.526. The Morgan fingerprint density at radius 2 is 1.04 bits per heavy atom. The van der Waals surface area contributed by atoms with Crippen molar-refractivity contribution in [3.8, 4) is 18.2 Å². The zero-order valence-corrected chi connectivity index (χ0v) is 65.6. The number of aromatic nitrogens is 11. The lowest BCUT2D eigenvalue weighted by molar-refractivity contribution is -0.137. The standard InChI is InChI=1S/C30H39N7O5.C18H27N3O3.C12H15N3O.C6H4FN3.C5H4N6O.C5H11NO.ClH/c1-35-8-9-36(26(38)18-35)17-22-13-20-6-5-7-37(28(20)34-27(22)29(41-3)42-4)30(39)33-25-14-21(23(15-31)16-32-25)10-19-11-24(12-19)40-2;1-20-8-9-21(16(22)12-20)11-14-10-13-6-4-5-7-15(13)19-17(14)18(23-2)24-3;1-16-11-3-8(4-11)2-9-5-12(14)15-7-10(9)6-13;7-5-1-6(9)10-3-4(5)2-8;12-5(10-3-6-1-8-10)11-4-7-2-9-11;1-7-5-2-4(6)3-5;/h13-14,16,19,24,29H,5-12,17-18H2,1-4H3,(H,32,33,39);10,18H,4-9,11-12H2,1-3H3;5,7-8,11H,2-4H2,1H3,(H2,14,15);1,3H,(H2,9,10);1-4H;4-5H,2-3,6H2,1H3;1H. The van der Waals surface area contributed by atoms with E-state index in [9.17, 15) is 28.8 Å². The van der Waals surface area contributed by atoms with Crippen molar-refractivity contribution in [2.75, 3.05) is 131 Å². The van der Waals surface area contributed by atoms with Gasteiger partial charge in [0.2, 0.25) is 24.4 Å². The molecule has 36 heteroatoms. The van der Waals surface area contributed by atoms with Crippen LogP contribution >= 0.6 is 12.4 Å². The van der Waals surface area contributed by atoms with Gasteiger partial charge in [0.1, 0.15) is 89.6 Å². The molecule has 0 atom stereocenters. The molecule has 0 aromatic carbocycles. The average molecular weight is 1570 g/mol. The number of nitriles is 3. The van der Waals surface area contributed by atoms with E-state index < -0.39 is 24.4 Å². The largest absolute Gasteiger partial charge is 0.384 e. The molecule has 7 aromatic rings. The van der Waals surface area contributed by atoms with Crippen LogP contribution in [0.1, 0.15) is 138 Å². The molecule has 600 valence electrons. The van der Waals surface area contributed by atoms with E-state index in [2.05, 4.69) is 63.5 Å². The summed E-state index contributed by atoms with van der Waals surface area (Å²) < 4.78 is 52.3. The Hall–Kier alpha value is -10.2. The summed E-state index contributed by atoms with van der Waals surface area (Å²) in [6.45, 7) is 5.37. The van der Waals surface area contributed by atoms with Crippen LogP contribution in [0.25, 0.3) is 0 Å². The number of halogens is 2. The first-order valence-electron chi connectivity index (χ1n) is 36.7. The van der Waals surface area contributed by atoms with E-state index in [0.717, 1.165) is 158 Å². The van der Waals surface area contributed by atoms with Gasteiger partial charge in [-0.1, -0.05) is 6.07 Å². The molecule has 4 aliphatic carbocycles. The molecule has 0 bridgehead atoms. The van der Waals surface area contributed by atoms with Gasteiger partial charge < -0.3 is 60.2 Å². The minimum atomic E-state index is -0.758. The second-order valence-electron chi connectivity index (χ2n) is 28.0. The van der Waals surface area contributed by atoms with Crippen molar-refractivity contribution in [2.45, 2.75) is 140 Å².